The maximum atomic E-state index is 2.47. The molecule has 17 heavy (non-hydrogen) atoms. The first kappa shape index (κ1) is 17.0. The van der Waals surface area contributed by atoms with Crippen molar-refractivity contribution < 1.29 is 0 Å². The standard InChI is InChI=1S/C17H36/c1-6-9-10-12-17(8-3)14-16(5)13-15(4)11-7-2/h15-17H,6-14H2,1-5H3. The molecule has 3 unspecified atom stereocenters. The Hall–Kier alpha value is 0. The molecule has 0 saturated carbocycles. The second-order valence-corrected chi connectivity index (χ2v) is 6.24. The van der Waals surface area contributed by atoms with Crippen LogP contribution in [0.15, 0.2) is 0 Å². The third-order valence-corrected chi connectivity index (χ3v) is 4.12. The van der Waals surface area contributed by atoms with Gasteiger partial charge < -0.3 is 0 Å². The van der Waals surface area contributed by atoms with Crippen LogP contribution >= 0.6 is 0 Å². The molecular formula is C17H36. The van der Waals surface area contributed by atoms with E-state index in [1.165, 1.54) is 57.8 Å². The molecule has 0 aliphatic heterocycles. The van der Waals surface area contributed by atoms with Crippen molar-refractivity contribution in [2.45, 2.75) is 92.4 Å². The maximum Gasteiger partial charge on any atom is -0.0414 e. The Morgan fingerprint density at radius 1 is 0.706 bits per heavy atom. The van der Waals surface area contributed by atoms with Gasteiger partial charge in [-0.3, -0.25) is 0 Å². The first-order valence-electron chi connectivity index (χ1n) is 8.13. The van der Waals surface area contributed by atoms with Gasteiger partial charge >= 0.3 is 0 Å². The van der Waals surface area contributed by atoms with Gasteiger partial charge in [-0.1, -0.05) is 79.6 Å². The van der Waals surface area contributed by atoms with Crippen molar-refractivity contribution in [3.63, 3.8) is 0 Å². The zero-order valence-corrected chi connectivity index (χ0v) is 13.1. The summed E-state index contributed by atoms with van der Waals surface area (Å²) in [4.78, 5) is 0. The van der Waals surface area contributed by atoms with Gasteiger partial charge in [0, 0.05) is 0 Å². The van der Waals surface area contributed by atoms with Gasteiger partial charge in [0.05, 0.1) is 0 Å². The summed E-state index contributed by atoms with van der Waals surface area (Å²) in [6, 6.07) is 0. The Labute approximate surface area is 111 Å². The highest BCUT2D eigenvalue weighted by molar-refractivity contribution is 4.65. The van der Waals surface area contributed by atoms with E-state index in [9.17, 15) is 0 Å². The summed E-state index contributed by atoms with van der Waals surface area (Å²) in [7, 11) is 0. The molecule has 0 aromatic rings. The van der Waals surface area contributed by atoms with Crippen LogP contribution in [0.25, 0.3) is 0 Å². The van der Waals surface area contributed by atoms with Gasteiger partial charge in [-0.15, -0.1) is 0 Å². The van der Waals surface area contributed by atoms with Crippen LogP contribution in [0.2, 0.25) is 0 Å². The van der Waals surface area contributed by atoms with E-state index in [1.807, 2.05) is 0 Å². The highest BCUT2D eigenvalue weighted by Crippen LogP contribution is 2.26. The lowest BCUT2D eigenvalue weighted by molar-refractivity contribution is 0.301. The lowest BCUT2D eigenvalue weighted by atomic mass is 9.84. The first-order valence-corrected chi connectivity index (χ1v) is 8.13. The summed E-state index contributed by atoms with van der Waals surface area (Å²) in [6.45, 7) is 11.9. The minimum Gasteiger partial charge on any atom is -0.0654 e. The summed E-state index contributed by atoms with van der Waals surface area (Å²) < 4.78 is 0. The van der Waals surface area contributed by atoms with Gasteiger partial charge in [-0.25, -0.2) is 0 Å². The molecule has 0 aromatic carbocycles. The zero-order valence-electron chi connectivity index (χ0n) is 13.1. The molecule has 0 heterocycles. The third kappa shape index (κ3) is 9.68. The SMILES string of the molecule is CCCCCC(CC)CC(C)CC(C)CCC. The fourth-order valence-electron chi connectivity index (χ4n) is 3.13. The van der Waals surface area contributed by atoms with E-state index in [2.05, 4.69) is 34.6 Å². The number of rotatable bonds is 11. The molecule has 0 bridgehead atoms. The fraction of sp³-hybridized carbons (Fsp3) is 1.00. The van der Waals surface area contributed by atoms with E-state index in [0.717, 1.165) is 17.8 Å². The van der Waals surface area contributed by atoms with Crippen LogP contribution in [0, 0.1) is 17.8 Å². The van der Waals surface area contributed by atoms with Crippen LogP contribution in [0.5, 0.6) is 0 Å². The van der Waals surface area contributed by atoms with Gasteiger partial charge in [0.1, 0.15) is 0 Å². The normalized spacial score (nSPS) is 16.8. The smallest absolute Gasteiger partial charge is 0.0414 e. The lowest BCUT2D eigenvalue weighted by Gasteiger charge is -2.22. The van der Waals surface area contributed by atoms with Gasteiger partial charge in [0.15, 0.2) is 0 Å². The lowest BCUT2D eigenvalue weighted by Crippen LogP contribution is -2.09. The topological polar surface area (TPSA) is 0 Å². The molecule has 3 atom stereocenters. The van der Waals surface area contributed by atoms with Gasteiger partial charge in [0.25, 0.3) is 0 Å². The first-order chi connectivity index (χ1) is 8.13. The molecule has 0 N–H and O–H groups in total. The van der Waals surface area contributed by atoms with Crippen molar-refractivity contribution >= 4 is 0 Å². The summed E-state index contributed by atoms with van der Waals surface area (Å²) in [5.41, 5.74) is 0. The summed E-state index contributed by atoms with van der Waals surface area (Å²) >= 11 is 0. The Balaban J connectivity index is 3.76. The molecule has 0 spiro atoms. The molecule has 0 amide bonds. The molecular weight excluding hydrogens is 204 g/mol. The third-order valence-electron chi connectivity index (χ3n) is 4.12. The van der Waals surface area contributed by atoms with E-state index in [0.29, 0.717) is 0 Å². The molecule has 0 aromatic heterocycles. The number of hydrogen-bond donors (Lipinski definition) is 0. The van der Waals surface area contributed by atoms with Crippen LogP contribution < -0.4 is 0 Å². The van der Waals surface area contributed by atoms with E-state index in [1.54, 1.807) is 0 Å². The van der Waals surface area contributed by atoms with Crippen molar-refractivity contribution in [2.24, 2.45) is 17.8 Å². The fourth-order valence-corrected chi connectivity index (χ4v) is 3.13. The Kier molecular flexibility index (Phi) is 11.1. The zero-order chi connectivity index (χ0) is 13.1. The predicted molar refractivity (Wildman–Crippen MR) is 80.4 cm³/mol. The molecule has 0 aliphatic carbocycles. The van der Waals surface area contributed by atoms with Crippen LogP contribution in [-0.2, 0) is 0 Å². The Bertz CT molecular complexity index is 150. The predicted octanol–water partition coefficient (Wildman–Crippen LogP) is 6.45. The molecule has 0 radical (unpaired) electrons. The molecule has 0 fully saturated rings. The minimum absolute atomic E-state index is 0.933. The summed E-state index contributed by atoms with van der Waals surface area (Å²) in [5.74, 6) is 2.86. The monoisotopic (exact) mass is 240 g/mol. The largest absolute Gasteiger partial charge is 0.0654 e. The van der Waals surface area contributed by atoms with Crippen molar-refractivity contribution in [1.29, 1.82) is 0 Å². The van der Waals surface area contributed by atoms with Crippen LogP contribution in [0.1, 0.15) is 92.4 Å². The van der Waals surface area contributed by atoms with E-state index >= 15 is 0 Å². The van der Waals surface area contributed by atoms with E-state index in [4.69, 9.17) is 0 Å². The maximum absolute atomic E-state index is 2.47. The minimum atomic E-state index is 0.933. The highest BCUT2D eigenvalue weighted by atomic mass is 14.2. The second kappa shape index (κ2) is 11.1. The summed E-state index contributed by atoms with van der Waals surface area (Å²) in [5, 5.41) is 0. The molecule has 0 aliphatic rings. The number of hydrogen-bond acceptors (Lipinski definition) is 0. The average molecular weight is 240 g/mol. The van der Waals surface area contributed by atoms with Gasteiger partial charge in [-0.2, -0.15) is 0 Å². The average Bonchev–Trinajstić information content (AvgIpc) is 2.28. The van der Waals surface area contributed by atoms with Crippen molar-refractivity contribution in [1.82, 2.24) is 0 Å². The van der Waals surface area contributed by atoms with E-state index < -0.39 is 0 Å². The number of unbranched alkanes of at least 4 members (excludes halogenated alkanes) is 2. The second-order valence-electron chi connectivity index (χ2n) is 6.24. The highest BCUT2D eigenvalue weighted by Gasteiger charge is 2.13. The van der Waals surface area contributed by atoms with Crippen LogP contribution in [0.4, 0.5) is 0 Å². The summed E-state index contributed by atoms with van der Waals surface area (Å²) in [6.07, 6.45) is 12.8. The van der Waals surface area contributed by atoms with Crippen molar-refractivity contribution in [2.75, 3.05) is 0 Å². The Morgan fingerprint density at radius 2 is 1.41 bits per heavy atom. The van der Waals surface area contributed by atoms with E-state index in [-0.39, 0.29) is 0 Å². The van der Waals surface area contributed by atoms with Gasteiger partial charge in [0.2, 0.25) is 0 Å². The van der Waals surface area contributed by atoms with Crippen molar-refractivity contribution in [3.05, 3.63) is 0 Å². The molecule has 0 rings (SSSR count). The van der Waals surface area contributed by atoms with Crippen molar-refractivity contribution in [3.8, 4) is 0 Å². The Morgan fingerprint density at radius 3 is 1.94 bits per heavy atom. The molecule has 0 saturated heterocycles. The van der Waals surface area contributed by atoms with Gasteiger partial charge in [-0.05, 0) is 30.6 Å². The molecule has 104 valence electrons. The molecule has 0 nitrogen and oxygen atoms in total. The van der Waals surface area contributed by atoms with Crippen LogP contribution in [-0.4, -0.2) is 0 Å². The van der Waals surface area contributed by atoms with Crippen LogP contribution in [0.3, 0.4) is 0 Å². The quantitative estimate of drug-likeness (QED) is 0.364. The molecule has 0 heteroatoms.